The van der Waals surface area contributed by atoms with Crippen LogP contribution in [0.3, 0.4) is 0 Å². The van der Waals surface area contributed by atoms with Gasteiger partial charge in [0.2, 0.25) is 0 Å². The highest BCUT2D eigenvalue weighted by Crippen LogP contribution is 2.18. The number of hydrogen-bond acceptors (Lipinski definition) is 5. The van der Waals surface area contributed by atoms with Crippen molar-refractivity contribution in [1.29, 1.82) is 0 Å². The van der Waals surface area contributed by atoms with Gasteiger partial charge in [-0.15, -0.1) is 0 Å². The standard InChI is InChI=1S/C13H14N6/c1-9-5-16-10(6-15-9)7-17-13-12-11(3-4-14-13)19(2)8-18-12/h3-6,8H,7H2,1-2H3,(H,14,17). The van der Waals surface area contributed by atoms with E-state index in [-0.39, 0.29) is 0 Å². The summed E-state index contributed by atoms with van der Waals surface area (Å²) in [5, 5.41) is 3.25. The van der Waals surface area contributed by atoms with E-state index in [1.165, 1.54) is 0 Å². The topological polar surface area (TPSA) is 68.5 Å². The largest absolute Gasteiger partial charge is 0.362 e. The maximum Gasteiger partial charge on any atom is 0.154 e. The molecular formula is C13H14N6. The number of nitrogens with zero attached hydrogens (tertiary/aromatic N) is 5. The van der Waals surface area contributed by atoms with Crippen molar-refractivity contribution in [3.05, 3.63) is 42.4 Å². The Kier molecular flexibility index (Phi) is 2.83. The molecule has 6 heteroatoms. The van der Waals surface area contributed by atoms with E-state index < -0.39 is 0 Å². The quantitative estimate of drug-likeness (QED) is 0.770. The van der Waals surface area contributed by atoms with Crippen LogP contribution >= 0.6 is 0 Å². The van der Waals surface area contributed by atoms with E-state index in [0.29, 0.717) is 6.54 Å². The summed E-state index contributed by atoms with van der Waals surface area (Å²) in [6.07, 6.45) is 7.07. The lowest BCUT2D eigenvalue weighted by molar-refractivity contribution is 0.947. The molecule has 1 N–H and O–H groups in total. The SMILES string of the molecule is Cc1cnc(CNc2nccc3c2ncn3C)cn1. The minimum absolute atomic E-state index is 0.579. The fourth-order valence-electron chi connectivity index (χ4n) is 1.88. The molecule has 0 bridgehead atoms. The van der Waals surface area contributed by atoms with Gasteiger partial charge in [0.1, 0.15) is 5.52 Å². The molecule has 19 heavy (non-hydrogen) atoms. The average molecular weight is 254 g/mol. The van der Waals surface area contributed by atoms with Gasteiger partial charge in [0.05, 0.1) is 36.0 Å². The number of hydrogen-bond donors (Lipinski definition) is 1. The Labute approximate surface area is 110 Å². The Morgan fingerprint density at radius 3 is 2.84 bits per heavy atom. The van der Waals surface area contributed by atoms with Crippen LogP contribution < -0.4 is 5.32 Å². The van der Waals surface area contributed by atoms with Crippen LogP contribution in [0.1, 0.15) is 11.4 Å². The highest BCUT2D eigenvalue weighted by Gasteiger charge is 2.06. The Balaban J connectivity index is 1.83. The van der Waals surface area contributed by atoms with Crippen LogP contribution in [0.15, 0.2) is 31.0 Å². The van der Waals surface area contributed by atoms with Crippen LogP contribution in [0.5, 0.6) is 0 Å². The molecule has 3 heterocycles. The summed E-state index contributed by atoms with van der Waals surface area (Å²) in [6.45, 7) is 2.50. The molecule has 0 atom stereocenters. The first kappa shape index (κ1) is 11.6. The van der Waals surface area contributed by atoms with Crippen molar-refractivity contribution >= 4 is 16.9 Å². The smallest absolute Gasteiger partial charge is 0.154 e. The summed E-state index contributed by atoms with van der Waals surface area (Å²) < 4.78 is 1.97. The van der Waals surface area contributed by atoms with Gasteiger partial charge in [-0.2, -0.15) is 0 Å². The third-order valence-electron chi connectivity index (χ3n) is 2.91. The molecule has 0 amide bonds. The van der Waals surface area contributed by atoms with Gasteiger partial charge >= 0.3 is 0 Å². The third-order valence-corrected chi connectivity index (χ3v) is 2.91. The van der Waals surface area contributed by atoms with Gasteiger partial charge in [0.15, 0.2) is 5.82 Å². The summed E-state index contributed by atoms with van der Waals surface area (Å²) in [5.41, 5.74) is 3.70. The van der Waals surface area contributed by atoms with Crippen LogP contribution in [-0.2, 0) is 13.6 Å². The minimum atomic E-state index is 0.579. The van der Waals surface area contributed by atoms with Crippen LogP contribution in [0.4, 0.5) is 5.82 Å². The number of aryl methyl sites for hydroxylation is 2. The minimum Gasteiger partial charge on any atom is -0.362 e. The highest BCUT2D eigenvalue weighted by molar-refractivity contribution is 5.85. The molecule has 0 radical (unpaired) electrons. The van der Waals surface area contributed by atoms with Gasteiger partial charge in [-0.05, 0) is 13.0 Å². The number of anilines is 1. The van der Waals surface area contributed by atoms with E-state index in [1.54, 1.807) is 24.9 Å². The Morgan fingerprint density at radius 1 is 1.16 bits per heavy atom. The fourth-order valence-corrected chi connectivity index (χ4v) is 1.88. The van der Waals surface area contributed by atoms with E-state index in [9.17, 15) is 0 Å². The van der Waals surface area contributed by atoms with Crippen LogP contribution in [0, 0.1) is 6.92 Å². The van der Waals surface area contributed by atoms with Crippen molar-refractivity contribution in [2.24, 2.45) is 7.05 Å². The molecule has 0 fully saturated rings. The van der Waals surface area contributed by atoms with Gasteiger partial charge in [-0.25, -0.2) is 9.97 Å². The molecule has 0 unspecified atom stereocenters. The van der Waals surface area contributed by atoms with E-state index >= 15 is 0 Å². The first-order valence-corrected chi connectivity index (χ1v) is 6.01. The van der Waals surface area contributed by atoms with Crippen molar-refractivity contribution in [2.75, 3.05) is 5.32 Å². The van der Waals surface area contributed by atoms with Crippen molar-refractivity contribution in [2.45, 2.75) is 13.5 Å². The van der Waals surface area contributed by atoms with Gasteiger partial charge < -0.3 is 9.88 Å². The summed E-state index contributed by atoms with van der Waals surface area (Å²) in [6, 6.07) is 1.94. The molecule has 0 aromatic carbocycles. The molecule has 0 aliphatic rings. The van der Waals surface area contributed by atoms with Gasteiger partial charge in [0.25, 0.3) is 0 Å². The van der Waals surface area contributed by atoms with Crippen molar-refractivity contribution in [3.8, 4) is 0 Å². The molecule has 3 rings (SSSR count). The second-order valence-corrected chi connectivity index (χ2v) is 4.39. The summed E-state index contributed by atoms with van der Waals surface area (Å²) in [7, 11) is 1.96. The summed E-state index contributed by atoms with van der Waals surface area (Å²) >= 11 is 0. The number of aromatic nitrogens is 5. The molecular weight excluding hydrogens is 240 g/mol. The van der Waals surface area contributed by atoms with Crippen molar-refractivity contribution in [3.63, 3.8) is 0 Å². The zero-order valence-corrected chi connectivity index (χ0v) is 10.8. The number of imidazole rings is 1. The van der Waals surface area contributed by atoms with Crippen LogP contribution in [-0.4, -0.2) is 24.5 Å². The molecule has 6 nitrogen and oxygen atoms in total. The lowest BCUT2D eigenvalue weighted by atomic mass is 10.3. The van der Waals surface area contributed by atoms with Crippen molar-refractivity contribution < 1.29 is 0 Å². The lowest BCUT2D eigenvalue weighted by Crippen LogP contribution is -2.04. The normalized spacial score (nSPS) is 10.8. The molecule has 3 aromatic rings. The molecule has 0 saturated heterocycles. The lowest BCUT2D eigenvalue weighted by Gasteiger charge is -2.05. The van der Waals surface area contributed by atoms with Crippen molar-refractivity contribution in [1.82, 2.24) is 24.5 Å². The monoisotopic (exact) mass is 254 g/mol. The predicted molar refractivity (Wildman–Crippen MR) is 72.6 cm³/mol. The van der Waals surface area contributed by atoms with Gasteiger partial charge in [-0.1, -0.05) is 0 Å². The predicted octanol–water partition coefficient (Wildman–Crippen LogP) is 1.68. The molecule has 0 saturated carbocycles. The van der Waals surface area contributed by atoms with E-state index in [0.717, 1.165) is 28.2 Å². The molecule has 3 aromatic heterocycles. The molecule has 0 aliphatic heterocycles. The van der Waals surface area contributed by atoms with E-state index in [4.69, 9.17) is 0 Å². The number of rotatable bonds is 3. The summed E-state index contributed by atoms with van der Waals surface area (Å²) in [5.74, 6) is 0.764. The third kappa shape index (κ3) is 2.24. The second-order valence-electron chi connectivity index (χ2n) is 4.39. The van der Waals surface area contributed by atoms with E-state index in [1.807, 2.05) is 24.6 Å². The number of nitrogens with one attached hydrogen (secondary N) is 1. The Morgan fingerprint density at radius 2 is 2.05 bits per heavy atom. The van der Waals surface area contributed by atoms with Gasteiger partial charge in [-0.3, -0.25) is 9.97 Å². The maximum atomic E-state index is 4.35. The zero-order valence-electron chi connectivity index (χ0n) is 10.8. The number of pyridine rings is 1. The first-order valence-electron chi connectivity index (χ1n) is 6.01. The first-order chi connectivity index (χ1) is 9.24. The second kappa shape index (κ2) is 4.64. The van der Waals surface area contributed by atoms with Crippen LogP contribution in [0.25, 0.3) is 11.0 Å². The summed E-state index contributed by atoms with van der Waals surface area (Å²) in [4.78, 5) is 17.2. The molecule has 0 aliphatic carbocycles. The highest BCUT2D eigenvalue weighted by atomic mass is 15.1. The maximum absolute atomic E-state index is 4.35. The van der Waals surface area contributed by atoms with E-state index in [2.05, 4.69) is 25.3 Å². The Bertz CT molecular complexity index is 701. The average Bonchev–Trinajstić information content (AvgIpc) is 2.81. The molecule has 0 spiro atoms. The van der Waals surface area contributed by atoms with Gasteiger partial charge in [0, 0.05) is 19.4 Å². The zero-order chi connectivity index (χ0) is 13.2. The Hall–Kier alpha value is -2.50. The number of fused-ring (bicyclic) bond motifs is 1. The van der Waals surface area contributed by atoms with Crippen LogP contribution in [0.2, 0.25) is 0 Å². The molecule has 96 valence electrons. The fraction of sp³-hybridized carbons (Fsp3) is 0.231.